The number of carbonyl (C=O) groups is 1. The van der Waals surface area contributed by atoms with Gasteiger partial charge >= 0.3 is 6.09 Å². The lowest BCUT2D eigenvalue weighted by molar-refractivity contribution is 0.105. The lowest BCUT2D eigenvalue weighted by Crippen LogP contribution is -2.48. The topological polar surface area (TPSA) is 111 Å². The van der Waals surface area contributed by atoms with Crippen LogP contribution in [0.5, 0.6) is 11.5 Å². The van der Waals surface area contributed by atoms with Crippen LogP contribution in [0.4, 0.5) is 10.5 Å². The van der Waals surface area contributed by atoms with Crippen molar-refractivity contribution in [3.05, 3.63) is 53.3 Å². The number of aromatic hydroxyl groups is 1. The first-order valence-corrected chi connectivity index (χ1v) is 11.3. The van der Waals surface area contributed by atoms with Crippen LogP contribution in [-0.4, -0.2) is 65.9 Å². The van der Waals surface area contributed by atoms with Gasteiger partial charge in [-0.25, -0.2) is 4.79 Å². The van der Waals surface area contributed by atoms with E-state index in [1.807, 2.05) is 30.3 Å². The molecule has 2 aromatic carbocycles. The molecule has 34 heavy (non-hydrogen) atoms. The second kappa shape index (κ2) is 9.18. The van der Waals surface area contributed by atoms with Gasteiger partial charge in [0.1, 0.15) is 11.3 Å². The Balaban J connectivity index is 1.37. The van der Waals surface area contributed by atoms with Crippen molar-refractivity contribution in [2.45, 2.75) is 12.8 Å². The zero-order chi connectivity index (χ0) is 23.7. The molecule has 3 aromatic rings. The summed E-state index contributed by atoms with van der Waals surface area (Å²) in [4.78, 5) is 14.8. The maximum atomic E-state index is 11.1. The Morgan fingerprint density at radius 2 is 1.94 bits per heavy atom. The van der Waals surface area contributed by atoms with E-state index in [1.165, 1.54) is 4.90 Å². The predicted octanol–water partition coefficient (Wildman–Crippen LogP) is 4.97. The molecule has 2 aliphatic heterocycles. The number of fused-ring (bicyclic) bond motifs is 2. The highest BCUT2D eigenvalue weighted by atomic mass is 16.5. The Labute approximate surface area is 196 Å². The smallest absolute Gasteiger partial charge is 0.407 e. The fraction of sp³-hybridized carbons (Fsp3) is 0.320. The van der Waals surface area contributed by atoms with Gasteiger partial charge in [0.05, 0.1) is 23.9 Å². The van der Waals surface area contributed by atoms with Crippen LogP contribution in [0.25, 0.3) is 22.7 Å². The zero-order valence-electron chi connectivity index (χ0n) is 18.9. The van der Waals surface area contributed by atoms with Gasteiger partial charge in [0.25, 0.3) is 0 Å². The Hall–Kier alpha value is -3.85. The van der Waals surface area contributed by atoms with Crippen molar-refractivity contribution in [1.82, 2.24) is 9.80 Å². The number of azo groups is 1. The Bertz CT molecular complexity index is 1290. The van der Waals surface area contributed by atoms with Gasteiger partial charge in [0.2, 0.25) is 0 Å². The molecule has 2 aliphatic rings. The van der Waals surface area contributed by atoms with Crippen LogP contribution in [0.1, 0.15) is 23.3 Å². The molecular formula is C25H26N4O5. The molecule has 9 heteroatoms. The maximum Gasteiger partial charge on any atom is 0.407 e. The number of hydrogen-bond acceptors (Lipinski definition) is 7. The van der Waals surface area contributed by atoms with E-state index in [9.17, 15) is 9.90 Å². The van der Waals surface area contributed by atoms with Crippen molar-refractivity contribution >= 4 is 34.5 Å². The number of furan rings is 1. The highest BCUT2D eigenvalue weighted by Gasteiger charge is 2.22. The van der Waals surface area contributed by atoms with E-state index < -0.39 is 6.09 Å². The minimum Gasteiger partial charge on any atom is -0.504 e. The highest BCUT2D eigenvalue weighted by Crippen LogP contribution is 2.42. The van der Waals surface area contributed by atoms with Crippen LogP contribution in [0.3, 0.4) is 0 Å². The van der Waals surface area contributed by atoms with Crippen LogP contribution < -0.4 is 4.74 Å². The van der Waals surface area contributed by atoms with Gasteiger partial charge in [-0.1, -0.05) is 18.2 Å². The molecule has 5 rings (SSSR count). The summed E-state index contributed by atoms with van der Waals surface area (Å²) in [6.07, 6.45) is 2.40. The number of hydrogen-bond donors (Lipinski definition) is 2. The van der Waals surface area contributed by atoms with Gasteiger partial charge in [-0.2, -0.15) is 0 Å². The number of ether oxygens (including phenoxy) is 1. The summed E-state index contributed by atoms with van der Waals surface area (Å²) in [6.45, 7) is 3.34. The SMILES string of the molecule is COc1ccc2c(O)c(C=C3N=Nc4ccccc43)oc2c1CCCN1CCN(C(=O)O)CC1. The third-order valence-corrected chi connectivity index (χ3v) is 6.40. The van der Waals surface area contributed by atoms with Crippen molar-refractivity contribution < 1.29 is 24.2 Å². The van der Waals surface area contributed by atoms with Gasteiger partial charge in [-0.3, -0.25) is 4.90 Å². The third-order valence-electron chi connectivity index (χ3n) is 6.40. The fourth-order valence-electron chi connectivity index (χ4n) is 4.54. The van der Waals surface area contributed by atoms with E-state index in [2.05, 4.69) is 15.1 Å². The first-order chi connectivity index (χ1) is 16.5. The third kappa shape index (κ3) is 4.10. The van der Waals surface area contributed by atoms with Gasteiger partial charge < -0.3 is 24.3 Å². The first kappa shape index (κ1) is 22.0. The van der Waals surface area contributed by atoms with Crippen molar-refractivity contribution in [2.75, 3.05) is 39.8 Å². The monoisotopic (exact) mass is 462 g/mol. The molecule has 0 saturated carbocycles. The minimum atomic E-state index is -0.859. The molecule has 1 saturated heterocycles. The van der Waals surface area contributed by atoms with E-state index in [-0.39, 0.29) is 5.75 Å². The minimum absolute atomic E-state index is 0.0655. The molecule has 176 valence electrons. The van der Waals surface area contributed by atoms with E-state index in [4.69, 9.17) is 14.3 Å². The molecule has 2 N–H and O–H groups in total. The van der Waals surface area contributed by atoms with E-state index in [0.29, 0.717) is 47.7 Å². The van der Waals surface area contributed by atoms with Crippen molar-refractivity contribution in [3.8, 4) is 11.5 Å². The van der Waals surface area contributed by atoms with Crippen LogP contribution >= 0.6 is 0 Å². The van der Waals surface area contributed by atoms with E-state index >= 15 is 0 Å². The summed E-state index contributed by atoms with van der Waals surface area (Å²) < 4.78 is 11.7. The van der Waals surface area contributed by atoms with Gasteiger partial charge in [-0.15, -0.1) is 10.2 Å². The predicted molar refractivity (Wildman–Crippen MR) is 128 cm³/mol. The molecule has 1 amide bonds. The molecule has 0 atom stereocenters. The van der Waals surface area contributed by atoms with E-state index in [1.54, 1.807) is 19.3 Å². The Morgan fingerprint density at radius 3 is 2.71 bits per heavy atom. The molecule has 0 radical (unpaired) electrons. The summed E-state index contributed by atoms with van der Waals surface area (Å²) >= 11 is 0. The molecule has 0 spiro atoms. The summed E-state index contributed by atoms with van der Waals surface area (Å²) in [6, 6.07) is 11.3. The van der Waals surface area contributed by atoms with Crippen molar-refractivity contribution in [1.29, 1.82) is 0 Å². The molecule has 0 bridgehead atoms. The summed E-state index contributed by atoms with van der Waals surface area (Å²) in [5.41, 5.74) is 3.82. The highest BCUT2D eigenvalue weighted by molar-refractivity contribution is 5.95. The number of aryl methyl sites for hydroxylation is 1. The first-order valence-electron chi connectivity index (χ1n) is 11.3. The van der Waals surface area contributed by atoms with Crippen LogP contribution in [0.2, 0.25) is 0 Å². The van der Waals surface area contributed by atoms with Crippen molar-refractivity contribution in [2.24, 2.45) is 10.2 Å². The second-order valence-electron chi connectivity index (χ2n) is 8.40. The van der Waals surface area contributed by atoms with Gasteiger partial charge in [0.15, 0.2) is 11.5 Å². The molecule has 9 nitrogen and oxygen atoms in total. The molecule has 3 heterocycles. The molecule has 1 fully saturated rings. The Morgan fingerprint density at radius 1 is 1.15 bits per heavy atom. The van der Waals surface area contributed by atoms with Crippen molar-refractivity contribution in [3.63, 3.8) is 0 Å². The van der Waals surface area contributed by atoms with Crippen LogP contribution in [0.15, 0.2) is 51.0 Å². The standard InChI is InChI=1S/C25H26N4O5/c1-33-21-9-8-18-23(30)22(15-20-16-5-2-3-7-19(16)26-27-20)34-24(18)17(21)6-4-10-28-11-13-29(14-12-28)25(31)32/h2-3,5,7-9,15,30H,4,6,10-14H2,1H3,(H,31,32). The molecular weight excluding hydrogens is 436 g/mol. The second-order valence-corrected chi connectivity index (χ2v) is 8.40. The van der Waals surface area contributed by atoms with Gasteiger partial charge in [-0.05, 0) is 37.6 Å². The number of rotatable bonds is 6. The lowest BCUT2D eigenvalue weighted by atomic mass is 10.0. The zero-order valence-corrected chi connectivity index (χ0v) is 18.9. The number of benzene rings is 2. The summed E-state index contributed by atoms with van der Waals surface area (Å²) in [7, 11) is 1.62. The van der Waals surface area contributed by atoms with Gasteiger partial charge in [0, 0.05) is 43.4 Å². The van der Waals surface area contributed by atoms with Crippen LogP contribution in [0, 0.1) is 0 Å². The molecule has 0 unspecified atom stereocenters. The number of nitrogens with zero attached hydrogens (tertiary/aromatic N) is 4. The largest absolute Gasteiger partial charge is 0.504 e. The number of methoxy groups -OCH3 is 1. The normalized spacial score (nSPS) is 17.0. The Kier molecular flexibility index (Phi) is 5.93. The maximum absolute atomic E-state index is 11.1. The fourth-order valence-corrected chi connectivity index (χ4v) is 4.54. The lowest BCUT2D eigenvalue weighted by Gasteiger charge is -2.33. The number of carboxylic acid groups (broad SMARTS) is 1. The molecule has 0 aliphatic carbocycles. The quantitative estimate of drug-likeness (QED) is 0.535. The number of amides is 1. The number of piperazine rings is 1. The average Bonchev–Trinajstić information content (AvgIpc) is 3.41. The van der Waals surface area contributed by atoms with E-state index in [0.717, 1.165) is 42.9 Å². The summed E-state index contributed by atoms with van der Waals surface area (Å²) in [5.74, 6) is 1.11. The average molecular weight is 463 g/mol. The molecule has 1 aromatic heterocycles. The summed E-state index contributed by atoms with van der Waals surface area (Å²) in [5, 5.41) is 29.0. The van der Waals surface area contributed by atoms with Crippen LogP contribution in [-0.2, 0) is 6.42 Å².